The second-order valence-corrected chi connectivity index (χ2v) is 7.91. The number of anilines is 1. The molecule has 6 nitrogen and oxygen atoms in total. The first kappa shape index (κ1) is 21.3. The molecule has 8 heteroatoms. The molecule has 0 spiro atoms. The first-order valence-corrected chi connectivity index (χ1v) is 10.5. The van der Waals surface area contributed by atoms with E-state index >= 15 is 0 Å². The Kier molecular flexibility index (Phi) is 7.60. The summed E-state index contributed by atoms with van der Waals surface area (Å²) in [6.07, 6.45) is 4.61. The van der Waals surface area contributed by atoms with E-state index in [-0.39, 0.29) is 24.2 Å². The number of thiophene rings is 1. The van der Waals surface area contributed by atoms with Crippen molar-refractivity contribution in [2.24, 2.45) is 0 Å². The molecule has 0 bridgehead atoms. The summed E-state index contributed by atoms with van der Waals surface area (Å²) in [5.74, 6) is -0.494. The van der Waals surface area contributed by atoms with Gasteiger partial charge in [0.05, 0.1) is 5.56 Å². The molecule has 1 aliphatic rings. The number of aryl methyl sites for hydroxylation is 1. The Labute approximate surface area is 173 Å². The van der Waals surface area contributed by atoms with Crippen molar-refractivity contribution in [2.45, 2.75) is 32.1 Å². The maximum atomic E-state index is 13.0. The van der Waals surface area contributed by atoms with Crippen LogP contribution in [0.1, 0.15) is 40.1 Å². The molecule has 0 atom stereocenters. The first-order valence-electron chi connectivity index (χ1n) is 9.68. The number of hydrogen-bond acceptors (Lipinski definition) is 5. The number of carbonyl (C=O) groups excluding carboxylic acids is 2. The van der Waals surface area contributed by atoms with Gasteiger partial charge < -0.3 is 20.1 Å². The smallest absolute Gasteiger partial charge is 0.262 e. The Balaban J connectivity index is 1.67. The number of hydrogen-bond donors (Lipinski definition) is 2. The van der Waals surface area contributed by atoms with E-state index in [0.29, 0.717) is 29.5 Å². The van der Waals surface area contributed by atoms with Crippen LogP contribution in [0.2, 0.25) is 0 Å². The molecule has 2 aromatic rings. The molecule has 0 saturated carbocycles. The monoisotopic (exact) mass is 420 g/mol. The van der Waals surface area contributed by atoms with Crippen molar-refractivity contribution in [2.75, 3.05) is 32.2 Å². The predicted octanol–water partition coefficient (Wildman–Crippen LogP) is 3.55. The van der Waals surface area contributed by atoms with Crippen LogP contribution in [-0.4, -0.2) is 38.7 Å². The third-order valence-electron chi connectivity index (χ3n) is 4.65. The summed E-state index contributed by atoms with van der Waals surface area (Å²) in [7, 11) is 1.62. The van der Waals surface area contributed by atoms with Crippen LogP contribution in [0.15, 0.2) is 24.3 Å². The Bertz CT molecular complexity index is 851. The van der Waals surface area contributed by atoms with Gasteiger partial charge in [-0.15, -0.1) is 11.3 Å². The zero-order valence-electron chi connectivity index (χ0n) is 16.4. The minimum absolute atomic E-state index is 0.171. The van der Waals surface area contributed by atoms with E-state index < -0.39 is 0 Å². The molecule has 1 heterocycles. The van der Waals surface area contributed by atoms with Crippen molar-refractivity contribution in [1.82, 2.24) is 5.32 Å². The van der Waals surface area contributed by atoms with Crippen LogP contribution in [0.3, 0.4) is 0 Å². The molecule has 0 radical (unpaired) electrons. The SMILES string of the molecule is COCCCNC(=O)c1c(NC(=O)COc2ccc(F)cc2)sc2c1CCCC2. The van der Waals surface area contributed by atoms with Crippen molar-refractivity contribution < 1.29 is 23.5 Å². The number of benzene rings is 1. The Hall–Kier alpha value is -2.45. The molecule has 0 aliphatic heterocycles. The van der Waals surface area contributed by atoms with Gasteiger partial charge in [0.15, 0.2) is 6.61 Å². The molecule has 0 saturated heterocycles. The van der Waals surface area contributed by atoms with Crippen molar-refractivity contribution >= 4 is 28.2 Å². The molecule has 1 aromatic heterocycles. The molecule has 2 N–H and O–H groups in total. The molecule has 0 unspecified atom stereocenters. The summed E-state index contributed by atoms with van der Waals surface area (Å²) in [5.41, 5.74) is 1.61. The van der Waals surface area contributed by atoms with Gasteiger partial charge in [-0.2, -0.15) is 0 Å². The summed E-state index contributed by atoms with van der Waals surface area (Å²) in [6.45, 7) is 0.869. The van der Waals surface area contributed by atoms with Gasteiger partial charge in [-0.1, -0.05) is 0 Å². The second kappa shape index (κ2) is 10.4. The zero-order chi connectivity index (χ0) is 20.6. The number of fused-ring (bicyclic) bond motifs is 1. The van der Waals surface area contributed by atoms with Crippen molar-refractivity contribution in [3.05, 3.63) is 46.1 Å². The zero-order valence-corrected chi connectivity index (χ0v) is 17.2. The quantitative estimate of drug-likeness (QED) is 0.609. The van der Waals surface area contributed by atoms with Crippen LogP contribution < -0.4 is 15.4 Å². The fourth-order valence-electron chi connectivity index (χ4n) is 3.24. The lowest BCUT2D eigenvalue weighted by molar-refractivity contribution is -0.118. The van der Waals surface area contributed by atoms with Gasteiger partial charge in [-0.25, -0.2) is 4.39 Å². The van der Waals surface area contributed by atoms with Gasteiger partial charge >= 0.3 is 0 Å². The standard InChI is InChI=1S/C21H25FN2O4S/c1-27-12-4-11-23-20(26)19-16-5-2-3-6-17(16)29-21(19)24-18(25)13-28-15-9-7-14(22)8-10-15/h7-10H,2-6,11-13H2,1H3,(H,23,26)(H,24,25). The highest BCUT2D eigenvalue weighted by molar-refractivity contribution is 7.17. The highest BCUT2D eigenvalue weighted by Crippen LogP contribution is 2.38. The molecule has 29 heavy (non-hydrogen) atoms. The van der Waals surface area contributed by atoms with Gasteiger partial charge in [-0.3, -0.25) is 9.59 Å². The van der Waals surface area contributed by atoms with Crippen LogP contribution in [0.25, 0.3) is 0 Å². The fraction of sp³-hybridized carbons (Fsp3) is 0.429. The molecular weight excluding hydrogens is 395 g/mol. The molecule has 1 aliphatic carbocycles. The summed E-state index contributed by atoms with van der Waals surface area (Å²) in [4.78, 5) is 26.3. The lowest BCUT2D eigenvalue weighted by Crippen LogP contribution is -2.28. The van der Waals surface area contributed by atoms with Gasteiger partial charge in [0.1, 0.15) is 16.6 Å². The van der Waals surface area contributed by atoms with E-state index in [4.69, 9.17) is 9.47 Å². The molecule has 2 amide bonds. The topological polar surface area (TPSA) is 76.7 Å². The van der Waals surface area contributed by atoms with E-state index in [9.17, 15) is 14.0 Å². The predicted molar refractivity (Wildman–Crippen MR) is 110 cm³/mol. The number of ether oxygens (including phenoxy) is 2. The van der Waals surface area contributed by atoms with Gasteiger partial charge in [0.25, 0.3) is 11.8 Å². The fourth-order valence-corrected chi connectivity index (χ4v) is 4.55. The van der Waals surface area contributed by atoms with Crippen molar-refractivity contribution in [3.8, 4) is 5.75 Å². The average Bonchev–Trinajstić information content (AvgIpc) is 3.08. The molecule has 1 aromatic carbocycles. The number of amides is 2. The highest BCUT2D eigenvalue weighted by atomic mass is 32.1. The third kappa shape index (κ3) is 5.77. The summed E-state index contributed by atoms with van der Waals surface area (Å²) in [5, 5.41) is 6.31. The molecule has 0 fully saturated rings. The van der Waals surface area contributed by atoms with E-state index in [0.717, 1.165) is 42.5 Å². The number of halogens is 1. The maximum absolute atomic E-state index is 13.0. The van der Waals surface area contributed by atoms with Gasteiger partial charge in [-0.05, 0) is 61.9 Å². The van der Waals surface area contributed by atoms with Crippen LogP contribution in [-0.2, 0) is 22.4 Å². The Morgan fingerprint density at radius 1 is 1.17 bits per heavy atom. The third-order valence-corrected chi connectivity index (χ3v) is 5.85. The lowest BCUT2D eigenvalue weighted by Gasteiger charge is -2.13. The second-order valence-electron chi connectivity index (χ2n) is 6.81. The van der Waals surface area contributed by atoms with E-state index in [2.05, 4.69) is 10.6 Å². The summed E-state index contributed by atoms with van der Waals surface area (Å²) < 4.78 is 23.4. The average molecular weight is 421 g/mol. The van der Waals surface area contributed by atoms with Crippen LogP contribution >= 0.6 is 11.3 Å². The number of nitrogens with one attached hydrogen (secondary N) is 2. The lowest BCUT2D eigenvalue weighted by atomic mass is 9.95. The Morgan fingerprint density at radius 3 is 2.69 bits per heavy atom. The van der Waals surface area contributed by atoms with Gasteiger partial charge in [0, 0.05) is 25.1 Å². The highest BCUT2D eigenvalue weighted by Gasteiger charge is 2.26. The van der Waals surface area contributed by atoms with E-state index in [1.807, 2.05) is 0 Å². The molecule has 3 rings (SSSR count). The van der Waals surface area contributed by atoms with Crippen LogP contribution in [0.5, 0.6) is 5.75 Å². The summed E-state index contributed by atoms with van der Waals surface area (Å²) >= 11 is 1.46. The number of rotatable bonds is 9. The molecule has 156 valence electrons. The maximum Gasteiger partial charge on any atom is 0.262 e. The minimum Gasteiger partial charge on any atom is -0.484 e. The minimum atomic E-state index is -0.368. The van der Waals surface area contributed by atoms with E-state index in [1.54, 1.807) is 7.11 Å². The molecular formula is C21H25FN2O4S. The van der Waals surface area contributed by atoms with Crippen LogP contribution in [0, 0.1) is 5.82 Å². The number of carbonyl (C=O) groups is 2. The van der Waals surface area contributed by atoms with Gasteiger partial charge in [0.2, 0.25) is 0 Å². The normalized spacial score (nSPS) is 12.9. The summed E-state index contributed by atoms with van der Waals surface area (Å²) in [6, 6.07) is 5.47. The van der Waals surface area contributed by atoms with E-state index in [1.165, 1.54) is 35.6 Å². The number of methoxy groups -OCH3 is 1. The Morgan fingerprint density at radius 2 is 1.93 bits per heavy atom. The first-order chi connectivity index (χ1) is 14.1. The largest absolute Gasteiger partial charge is 0.484 e. The van der Waals surface area contributed by atoms with Crippen molar-refractivity contribution in [1.29, 1.82) is 0 Å². The van der Waals surface area contributed by atoms with Crippen molar-refractivity contribution in [3.63, 3.8) is 0 Å². The van der Waals surface area contributed by atoms with Crippen LogP contribution in [0.4, 0.5) is 9.39 Å².